The van der Waals surface area contributed by atoms with E-state index < -0.39 is 0 Å². The fourth-order valence-corrected chi connectivity index (χ4v) is 0. The predicted octanol–water partition coefficient (Wildman–Crippen LogP) is 0.283. The first-order chi connectivity index (χ1) is 2.83. The molecule has 6 heavy (non-hydrogen) atoms. The normalized spacial score (nSPS) is 6.00. The average Bonchev–Trinajstić information content (AvgIpc) is 1.39. The van der Waals surface area contributed by atoms with E-state index in [1.54, 1.807) is 0 Å². The van der Waals surface area contributed by atoms with Crippen molar-refractivity contribution in [1.82, 2.24) is 0 Å². The SMILES string of the molecule is ClCCl.NCN. The number of halogens is 2. The second-order valence-electron chi connectivity index (χ2n) is 0.337. The van der Waals surface area contributed by atoms with Gasteiger partial charge >= 0.3 is 0 Å². The van der Waals surface area contributed by atoms with Gasteiger partial charge in [-0.25, -0.2) is 0 Å². The molecule has 0 fully saturated rings. The van der Waals surface area contributed by atoms with Crippen molar-refractivity contribution in [1.29, 1.82) is 0 Å². The molecule has 0 aliphatic carbocycles. The van der Waals surface area contributed by atoms with Crippen molar-refractivity contribution in [3.63, 3.8) is 0 Å². The largest absolute Gasteiger partial charge is 0.319 e. The number of nitrogens with two attached hydrogens (primary N) is 2. The van der Waals surface area contributed by atoms with E-state index in [0.29, 0.717) is 0 Å². The second-order valence-corrected chi connectivity index (χ2v) is 1.14. The zero-order chi connectivity index (χ0) is 5.41. The molecule has 4 N–H and O–H groups in total. The minimum absolute atomic E-state index is 0.194. The summed E-state index contributed by atoms with van der Waals surface area (Å²) in [5, 5.41) is 0.194. The first-order valence-corrected chi connectivity index (χ1v) is 2.42. The van der Waals surface area contributed by atoms with Gasteiger partial charge in [0.05, 0.1) is 5.34 Å². The van der Waals surface area contributed by atoms with Crippen LogP contribution in [0.4, 0.5) is 0 Å². The summed E-state index contributed by atoms with van der Waals surface area (Å²) < 4.78 is 0. The van der Waals surface area contributed by atoms with Gasteiger partial charge in [-0.05, 0) is 0 Å². The van der Waals surface area contributed by atoms with Crippen molar-refractivity contribution in [3.8, 4) is 0 Å². The van der Waals surface area contributed by atoms with Crippen molar-refractivity contribution < 1.29 is 0 Å². The van der Waals surface area contributed by atoms with Gasteiger partial charge in [0, 0.05) is 6.67 Å². The molecule has 0 unspecified atom stereocenters. The Labute approximate surface area is 47.4 Å². The van der Waals surface area contributed by atoms with Crippen molar-refractivity contribution in [2.45, 2.75) is 0 Å². The third kappa shape index (κ3) is 221. The number of alkyl halides is 2. The van der Waals surface area contributed by atoms with Gasteiger partial charge in [0.2, 0.25) is 0 Å². The Morgan fingerprint density at radius 1 is 1.17 bits per heavy atom. The standard InChI is InChI=1S/CH2Cl2.CH6N2/c2*2-1-3/h1H2;1-3H2. The first-order valence-electron chi connectivity index (χ1n) is 1.35. The lowest BCUT2D eigenvalue weighted by Gasteiger charge is -1.56. The van der Waals surface area contributed by atoms with Crippen LogP contribution in [-0.2, 0) is 0 Å². The van der Waals surface area contributed by atoms with E-state index in [2.05, 4.69) is 11.5 Å². The third-order valence-corrected chi connectivity index (χ3v) is 0. The van der Waals surface area contributed by atoms with Crippen molar-refractivity contribution in [2.24, 2.45) is 11.5 Å². The lowest BCUT2D eigenvalue weighted by molar-refractivity contribution is 1.07. The molecule has 0 saturated heterocycles. The van der Waals surface area contributed by atoms with Gasteiger partial charge in [0.1, 0.15) is 0 Å². The van der Waals surface area contributed by atoms with E-state index in [1.807, 2.05) is 0 Å². The zero-order valence-corrected chi connectivity index (χ0v) is 4.84. The molecule has 0 heterocycles. The molecule has 0 radical (unpaired) electrons. The summed E-state index contributed by atoms with van der Waals surface area (Å²) in [4.78, 5) is 0. The predicted molar refractivity (Wildman–Crippen MR) is 29.8 cm³/mol. The third-order valence-electron chi connectivity index (χ3n) is 0. The molecule has 0 rings (SSSR count). The highest BCUT2D eigenvalue weighted by Crippen LogP contribution is 1.73. The van der Waals surface area contributed by atoms with Crippen LogP contribution >= 0.6 is 23.2 Å². The quantitative estimate of drug-likeness (QED) is 0.366. The number of hydrogen-bond acceptors (Lipinski definition) is 2. The Morgan fingerprint density at radius 2 is 1.17 bits per heavy atom. The highest BCUT2D eigenvalue weighted by atomic mass is 35.5. The van der Waals surface area contributed by atoms with Crippen LogP contribution in [0.15, 0.2) is 0 Å². The molecule has 0 aromatic heterocycles. The van der Waals surface area contributed by atoms with E-state index >= 15 is 0 Å². The summed E-state index contributed by atoms with van der Waals surface area (Å²) in [5.41, 5.74) is 9.25. The summed E-state index contributed by atoms with van der Waals surface area (Å²) in [6.45, 7) is 0.250. The smallest absolute Gasteiger partial charge is 0.0967 e. The molecular formula is C2H8Cl2N2. The summed E-state index contributed by atoms with van der Waals surface area (Å²) >= 11 is 9.53. The van der Waals surface area contributed by atoms with E-state index in [0.717, 1.165) is 0 Å². The lowest BCUT2D eigenvalue weighted by atomic mass is 11.3. The summed E-state index contributed by atoms with van der Waals surface area (Å²) in [5.74, 6) is 0. The number of rotatable bonds is 0. The van der Waals surface area contributed by atoms with Crippen molar-refractivity contribution >= 4 is 23.2 Å². The number of hydrogen-bond donors (Lipinski definition) is 2. The topological polar surface area (TPSA) is 52.0 Å². The molecule has 0 amide bonds. The molecule has 0 spiro atoms. The molecule has 0 saturated carbocycles. The van der Waals surface area contributed by atoms with Crippen LogP contribution < -0.4 is 11.5 Å². The van der Waals surface area contributed by atoms with Crippen LogP contribution in [0.2, 0.25) is 0 Å². The van der Waals surface area contributed by atoms with E-state index in [1.165, 1.54) is 0 Å². The van der Waals surface area contributed by atoms with Gasteiger partial charge in [0.15, 0.2) is 0 Å². The van der Waals surface area contributed by atoms with Gasteiger partial charge in [0.25, 0.3) is 0 Å². The van der Waals surface area contributed by atoms with Crippen LogP contribution in [0, 0.1) is 0 Å². The maximum absolute atomic E-state index is 4.76. The lowest BCUT2D eigenvalue weighted by Crippen LogP contribution is -2.08. The minimum atomic E-state index is 0.194. The van der Waals surface area contributed by atoms with Crippen LogP contribution in [0.25, 0.3) is 0 Å². The van der Waals surface area contributed by atoms with Gasteiger partial charge in [-0.1, -0.05) is 0 Å². The van der Waals surface area contributed by atoms with Crippen LogP contribution in [0.5, 0.6) is 0 Å². The van der Waals surface area contributed by atoms with Crippen LogP contribution in [-0.4, -0.2) is 12.0 Å². The van der Waals surface area contributed by atoms with Crippen molar-refractivity contribution in [2.75, 3.05) is 12.0 Å². The second kappa shape index (κ2) is 17.8. The Hall–Kier alpha value is 0.500. The highest BCUT2D eigenvalue weighted by Gasteiger charge is 1.41. The Balaban J connectivity index is 0. The van der Waals surface area contributed by atoms with Gasteiger partial charge in [-0.15, -0.1) is 23.2 Å². The molecule has 0 bridgehead atoms. The maximum atomic E-state index is 4.76. The van der Waals surface area contributed by atoms with Gasteiger partial charge in [-0.3, -0.25) is 0 Å². The summed E-state index contributed by atoms with van der Waals surface area (Å²) in [7, 11) is 0. The molecule has 0 aromatic carbocycles. The summed E-state index contributed by atoms with van der Waals surface area (Å²) in [6.07, 6.45) is 0. The van der Waals surface area contributed by atoms with E-state index in [-0.39, 0.29) is 12.0 Å². The first kappa shape index (κ1) is 9.71. The molecule has 2 nitrogen and oxygen atoms in total. The minimum Gasteiger partial charge on any atom is -0.319 e. The zero-order valence-electron chi connectivity index (χ0n) is 3.32. The molecule has 0 aliphatic rings. The molecule has 0 atom stereocenters. The monoisotopic (exact) mass is 130 g/mol. The van der Waals surface area contributed by atoms with Crippen molar-refractivity contribution in [3.05, 3.63) is 0 Å². The molecule has 4 heteroatoms. The fraction of sp³-hybridized carbons (Fsp3) is 1.00. The molecule has 0 aliphatic heterocycles. The average molecular weight is 131 g/mol. The Kier molecular flexibility index (Phi) is 28.8. The fourth-order valence-electron chi connectivity index (χ4n) is 0. The molecule has 0 aromatic rings. The van der Waals surface area contributed by atoms with Gasteiger partial charge < -0.3 is 11.5 Å². The molecule has 40 valence electrons. The maximum Gasteiger partial charge on any atom is 0.0967 e. The van der Waals surface area contributed by atoms with E-state index in [4.69, 9.17) is 23.2 Å². The van der Waals surface area contributed by atoms with Gasteiger partial charge in [-0.2, -0.15) is 0 Å². The summed E-state index contributed by atoms with van der Waals surface area (Å²) in [6, 6.07) is 0. The Morgan fingerprint density at radius 3 is 1.17 bits per heavy atom. The highest BCUT2D eigenvalue weighted by molar-refractivity contribution is 6.40. The molecular weight excluding hydrogens is 123 g/mol. The Bertz CT molecular complexity index is 11.5. The van der Waals surface area contributed by atoms with E-state index in [9.17, 15) is 0 Å². The van der Waals surface area contributed by atoms with Crippen LogP contribution in [0.3, 0.4) is 0 Å². The van der Waals surface area contributed by atoms with Crippen LogP contribution in [0.1, 0.15) is 0 Å².